The lowest BCUT2D eigenvalue weighted by atomic mass is 9.74. The number of nitrogens with one attached hydrogen (secondary N) is 1. The number of carboxylic acids is 1. The van der Waals surface area contributed by atoms with E-state index in [-0.39, 0.29) is 5.76 Å². The first-order chi connectivity index (χ1) is 20.1. The third-order valence-corrected chi connectivity index (χ3v) is 9.03. The van der Waals surface area contributed by atoms with Crippen LogP contribution in [0.4, 0.5) is 10.5 Å². The number of carboxylic acid groups (broad SMARTS) is 1. The average Bonchev–Trinajstić information content (AvgIpc) is 3.68. The van der Waals surface area contributed by atoms with Crippen molar-refractivity contribution in [2.75, 3.05) is 12.4 Å². The van der Waals surface area contributed by atoms with Crippen LogP contribution >= 0.6 is 11.3 Å². The molecule has 3 heterocycles. The lowest BCUT2D eigenvalue weighted by Gasteiger charge is -2.37. The van der Waals surface area contributed by atoms with Crippen LogP contribution in [0.25, 0.3) is 0 Å². The molecule has 1 aliphatic rings. The summed E-state index contributed by atoms with van der Waals surface area (Å²) in [5, 5.41) is 25.0. The van der Waals surface area contributed by atoms with Crippen LogP contribution in [0.2, 0.25) is 0 Å². The molecule has 2 amide bonds. The van der Waals surface area contributed by atoms with Gasteiger partial charge in [0.2, 0.25) is 5.78 Å². The van der Waals surface area contributed by atoms with Gasteiger partial charge in [-0.1, -0.05) is 12.1 Å². The number of nitriles is 1. The Balaban J connectivity index is 1.74. The lowest BCUT2D eigenvalue weighted by Crippen LogP contribution is -2.55. The summed E-state index contributed by atoms with van der Waals surface area (Å²) in [4.78, 5) is 44.0. The van der Waals surface area contributed by atoms with Gasteiger partial charge in [0.1, 0.15) is 17.0 Å². The highest BCUT2D eigenvalue weighted by atomic mass is 32.1. The molecule has 5 rings (SSSR count). The van der Waals surface area contributed by atoms with Crippen molar-refractivity contribution in [1.29, 1.82) is 5.26 Å². The zero-order chi connectivity index (χ0) is 30.2. The molecule has 1 fully saturated rings. The molecule has 42 heavy (non-hydrogen) atoms. The number of urea groups is 1. The van der Waals surface area contributed by atoms with Gasteiger partial charge in [-0.3, -0.25) is 9.69 Å². The van der Waals surface area contributed by atoms with Gasteiger partial charge in [0.25, 0.3) is 0 Å². The second kappa shape index (κ2) is 11.2. The Kier molecular flexibility index (Phi) is 7.63. The molecule has 214 valence electrons. The maximum absolute atomic E-state index is 14.4. The minimum atomic E-state index is -1.85. The quantitative estimate of drug-likeness (QED) is 0.236. The number of amides is 2. The Morgan fingerprint density at radius 2 is 1.74 bits per heavy atom. The molecule has 0 bridgehead atoms. The van der Waals surface area contributed by atoms with Gasteiger partial charge < -0.3 is 19.6 Å². The van der Waals surface area contributed by atoms with E-state index in [9.17, 15) is 24.8 Å². The molecule has 2 aromatic carbocycles. The summed E-state index contributed by atoms with van der Waals surface area (Å²) in [7, 11) is 1.53. The SMILES string of the molecule is COc1ccc(NC(=O)N2C(c3ccc(C#N)cc3)C(C(=O)c3ccc(C)o3)C(c3sccc3C)C2(C)C(=O)O)cc1. The van der Waals surface area contributed by atoms with Crippen molar-refractivity contribution >= 4 is 34.8 Å². The van der Waals surface area contributed by atoms with E-state index >= 15 is 0 Å². The number of methoxy groups -OCH3 is 1. The van der Waals surface area contributed by atoms with E-state index in [1.54, 1.807) is 67.6 Å². The second-order valence-electron chi connectivity index (χ2n) is 10.4. The molecule has 10 heteroatoms. The van der Waals surface area contributed by atoms with E-state index in [1.165, 1.54) is 30.3 Å². The number of ether oxygens (including phenoxy) is 1. The summed E-state index contributed by atoms with van der Waals surface area (Å²) in [5.41, 5.74) is 0.299. The van der Waals surface area contributed by atoms with Crippen LogP contribution < -0.4 is 10.1 Å². The third kappa shape index (κ3) is 4.82. The van der Waals surface area contributed by atoms with Crippen LogP contribution in [-0.4, -0.2) is 40.4 Å². The number of Topliss-reactive ketones (excluding diaryl/α,β-unsaturated/α-hetero) is 1. The van der Waals surface area contributed by atoms with Gasteiger partial charge in [0, 0.05) is 16.5 Å². The number of ketones is 1. The summed E-state index contributed by atoms with van der Waals surface area (Å²) in [6.07, 6.45) is 0. The zero-order valence-corrected chi connectivity index (χ0v) is 24.3. The number of anilines is 1. The summed E-state index contributed by atoms with van der Waals surface area (Å²) in [6.45, 7) is 5.08. The van der Waals surface area contributed by atoms with Crippen LogP contribution in [0, 0.1) is 31.1 Å². The van der Waals surface area contributed by atoms with Crippen LogP contribution in [0.1, 0.15) is 56.8 Å². The van der Waals surface area contributed by atoms with Gasteiger partial charge in [-0.2, -0.15) is 5.26 Å². The van der Waals surface area contributed by atoms with E-state index in [2.05, 4.69) is 11.4 Å². The Morgan fingerprint density at radius 3 is 2.26 bits per heavy atom. The Morgan fingerprint density at radius 1 is 1.05 bits per heavy atom. The normalized spacial score (nSPS) is 21.5. The summed E-state index contributed by atoms with van der Waals surface area (Å²) >= 11 is 1.35. The van der Waals surface area contributed by atoms with E-state index in [4.69, 9.17) is 9.15 Å². The monoisotopic (exact) mass is 583 g/mol. The number of thiophene rings is 1. The molecule has 2 aromatic heterocycles. The van der Waals surface area contributed by atoms with E-state index in [0.29, 0.717) is 33.2 Å². The standard InChI is InChI=1S/C32H29N3O6S/c1-18-15-16-42-29(18)26-25(28(36)24-14-5-19(2)41-24)27(21-8-6-20(17-33)7-9-21)35(32(26,3)30(37)38)31(39)34-22-10-12-23(40-4)13-11-22/h5-16,25-27H,1-4H3,(H,34,39)(H,37,38). The van der Waals surface area contributed by atoms with Gasteiger partial charge in [0.15, 0.2) is 5.76 Å². The fourth-order valence-electron chi connectivity index (χ4n) is 5.82. The number of aliphatic carboxylic acids is 1. The first-order valence-electron chi connectivity index (χ1n) is 13.2. The second-order valence-corrected chi connectivity index (χ2v) is 11.4. The van der Waals surface area contributed by atoms with E-state index < -0.39 is 41.2 Å². The molecule has 0 saturated carbocycles. The smallest absolute Gasteiger partial charge is 0.330 e. The van der Waals surface area contributed by atoms with Crippen molar-refractivity contribution in [3.8, 4) is 11.8 Å². The van der Waals surface area contributed by atoms with Gasteiger partial charge in [-0.15, -0.1) is 11.3 Å². The summed E-state index contributed by atoms with van der Waals surface area (Å²) in [5.74, 6) is -2.41. The number of furan rings is 1. The van der Waals surface area contributed by atoms with Gasteiger partial charge in [-0.25, -0.2) is 9.59 Å². The van der Waals surface area contributed by atoms with Crippen LogP contribution in [0.15, 0.2) is 76.5 Å². The molecule has 2 N–H and O–H groups in total. The molecule has 1 aliphatic heterocycles. The number of hydrogen-bond acceptors (Lipinski definition) is 7. The van der Waals surface area contributed by atoms with Gasteiger partial charge in [0.05, 0.1) is 30.7 Å². The van der Waals surface area contributed by atoms with Crippen molar-refractivity contribution < 1.29 is 28.6 Å². The van der Waals surface area contributed by atoms with Crippen molar-refractivity contribution in [3.63, 3.8) is 0 Å². The minimum Gasteiger partial charge on any atom is -0.497 e. The Hall–Kier alpha value is -4.88. The number of benzene rings is 2. The number of carbonyl (C=O) groups is 3. The third-order valence-electron chi connectivity index (χ3n) is 7.93. The maximum Gasteiger partial charge on any atom is 0.330 e. The number of hydrogen-bond donors (Lipinski definition) is 2. The summed E-state index contributed by atoms with van der Waals surface area (Å²) in [6, 6.07) is 18.7. The van der Waals surface area contributed by atoms with Crippen LogP contribution in [0.3, 0.4) is 0 Å². The first-order valence-corrected chi connectivity index (χ1v) is 14.1. The Bertz CT molecular complexity index is 1680. The molecule has 0 spiro atoms. The predicted octanol–water partition coefficient (Wildman–Crippen LogP) is 6.55. The molecule has 1 saturated heterocycles. The number of carbonyl (C=O) groups excluding carboxylic acids is 2. The largest absolute Gasteiger partial charge is 0.497 e. The molecular formula is C32H29N3O6S. The number of likely N-dealkylation sites (tertiary alicyclic amines) is 1. The van der Waals surface area contributed by atoms with Crippen LogP contribution in [-0.2, 0) is 4.79 Å². The molecule has 4 atom stereocenters. The molecule has 0 radical (unpaired) electrons. The van der Waals surface area contributed by atoms with Crippen LogP contribution in [0.5, 0.6) is 5.75 Å². The number of nitrogens with zero attached hydrogens (tertiary/aromatic N) is 2. The van der Waals surface area contributed by atoms with E-state index in [1.807, 2.05) is 18.4 Å². The fourth-order valence-corrected chi connectivity index (χ4v) is 7.02. The zero-order valence-electron chi connectivity index (χ0n) is 23.5. The molecule has 4 unspecified atom stereocenters. The molecule has 4 aromatic rings. The van der Waals surface area contributed by atoms with E-state index in [0.717, 1.165) is 5.56 Å². The highest BCUT2D eigenvalue weighted by Gasteiger charge is 2.66. The van der Waals surface area contributed by atoms with Gasteiger partial charge in [-0.05, 0) is 91.9 Å². The fraction of sp³-hybridized carbons (Fsp3) is 0.250. The molecule has 0 aliphatic carbocycles. The lowest BCUT2D eigenvalue weighted by molar-refractivity contribution is -0.148. The van der Waals surface area contributed by atoms with Crippen molar-refractivity contribution in [2.24, 2.45) is 5.92 Å². The van der Waals surface area contributed by atoms with Crippen molar-refractivity contribution in [2.45, 2.75) is 38.3 Å². The summed E-state index contributed by atoms with van der Waals surface area (Å²) < 4.78 is 11.0. The minimum absolute atomic E-state index is 0.0838. The topological polar surface area (TPSA) is 133 Å². The maximum atomic E-state index is 14.4. The van der Waals surface area contributed by atoms with Crippen molar-refractivity contribution in [1.82, 2.24) is 4.90 Å². The Labute approximate surface area is 247 Å². The van der Waals surface area contributed by atoms with Crippen molar-refractivity contribution in [3.05, 3.63) is 105 Å². The number of rotatable bonds is 7. The molecule has 9 nitrogen and oxygen atoms in total. The highest BCUT2D eigenvalue weighted by Crippen LogP contribution is 2.58. The first kappa shape index (κ1) is 28.6. The highest BCUT2D eigenvalue weighted by molar-refractivity contribution is 7.10. The average molecular weight is 584 g/mol. The number of aryl methyl sites for hydroxylation is 2. The molecular weight excluding hydrogens is 554 g/mol. The van der Waals surface area contributed by atoms with Gasteiger partial charge >= 0.3 is 12.0 Å². The predicted molar refractivity (Wildman–Crippen MR) is 157 cm³/mol.